The smallest absolute Gasteiger partial charge is 0.188 e. The largest absolute Gasteiger partial charge is 0.374 e. The van der Waals surface area contributed by atoms with Crippen LogP contribution in [0.1, 0.15) is 17.3 Å². The van der Waals surface area contributed by atoms with Crippen molar-refractivity contribution in [3.05, 3.63) is 48.0 Å². The van der Waals surface area contributed by atoms with Crippen molar-refractivity contribution in [2.24, 2.45) is 0 Å². The summed E-state index contributed by atoms with van der Waals surface area (Å²) in [6.45, 7) is 2.61. The molecule has 0 fully saturated rings. The van der Waals surface area contributed by atoms with Crippen molar-refractivity contribution in [3.63, 3.8) is 0 Å². The van der Waals surface area contributed by atoms with Crippen LogP contribution < -0.4 is 0 Å². The molecule has 0 spiro atoms. The molecule has 2 heteroatoms. The molecule has 0 aliphatic rings. The number of rotatable bonds is 4. The fourth-order valence-electron chi connectivity index (χ4n) is 1.64. The van der Waals surface area contributed by atoms with Gasteiger partial charge in [0.25, 0.3) is 0 Å². The fourth-order valence-corrected chi connectivity index (χ4v) is 1.64. The average molecular weight is 214 g/mol. The lowest BCUT2D eigenvalue weighted by Gasteiger charge is -2.03. The van der Waals surface area contributed by atoms with Gasteiger partial charge in [-0.15, -0.1) is 0 Å². The van der Waals surface area contributed by atoms with E-state index in [-0.39, 0.29) is 12.4 Å². The van der Waals surface area contributed by atoms with Gasteiger partial charge in [0.05, 0.1) is 0 Å². The van der Waals surface area contributed by atoms with Gasteiger partial charge >= 0.3 is 0 Å². The molecular formula is C14H14O2. The van der Waals surface area contributed by atoms with E-state index >= 15 is 0 Å². The Morgan fingerprint density at radius 2 is 1.88 bits per heavy atom. The number of ether oxygens (including phenoxy) is 1. The van der Waals surface area contributed by atoms with Crippen LogP contribution in [0.2, 0.25) is 0 Å². The maximum atomic E-state index is 11.7. The van der Waals surface area contributed by atoms with Gasteiger partial charge in [0.2, 0.25) is 0 Å². The number of ketones is 1. The Kier molecular flexibility index (Phi) is 3.32. The van der Waals surface area contributed by atoms with Crippen LogP contribution in [0.4, 0.5) is 0 Å². The van der Waals surface area contributed by atoms with Gasteiger partial charge in [0, 0.05) is 12.2 Å². The lowest BCUT2D eigenvalue weighted by molar-refractivity contribution is 0.0783. The molecule has 16 heavy (non-hydrogen) atoms. The van der Waals surface area contributed by atoms with E-state index in [9.17, 15) is 4.79 Å². The van der Waals surface area contributed by atoms with Gasteiger partial charge < -0.3 is 4.74 Å². The second-order valence-corrected chi connectivity index (χ2v) is 3.62. The molecule has 0 amide bonds. The Hall–Kier alpha value is -1.67. The van der Waals surface area contributed by atoms with Crippen molar-refractivity contribution < 1.29 is 9.53 Å². The van der Waals surface area contributed by atoms with Crippen LogP contribution in [0.3, 0.4) is 0 Å². The van der Waals surface area contributed by atoms with E-state index < -0.39 is 0 Å². The average Bonchev–Trinajstić information content (AvgIpc) is 2.35. The maximum absolute atomic E-state index is 11.7. The number of carbonyl (C=O) groups is 1. The third-order valence-corrected chi connectivity index (χ3v) is 2.51. The summed E-state index contributed by atoms with van der Waals surface area (Å²) in [5.74, 6) is 0.0348. The summed E-state index contributed by atoms with van der Waals surface area (Å²) in [6.07, 6.45) is 0. The molecule has 2 aromatic rings. The van der Waals surface area contributed by atoms with Crippen molar-refractivity contribution in [2.75, 3.05) is 13.2 Å². The monoisotopic (exact) mass is 214 g/mol. The Balaban J connectivity index is 2.28. The van der Waals surface area contributed by atoms with Gasteiger partial charge in [0.15, 0.2) is 5.78 Å². The molecule has 0 bridgehead atoms. The summed E-state index contributed by atoms with van der Waals surface area (Å²) in [4.78, 5) is 11.7. The zero-order valence-corrected chi connectivity index (χ0v) is 9.27. The first-order valence-electron chi connectivity index (χ1n) is 5.41. The molecule has 2 nitrogen and oxygen atoms in total. The first-order valence-corrected chi connectivity index (χ1v) is 5.41. The van der Waals surface area contributed by atoms with Crippen LogP contribution in [0.25, 0.3) is 10.8 Å². The van der Waals surface area contributed by atoms with E-state index in [0.29, 0.717) is 12.2 Å². The first-order chi connectivity index (χ1) is 7.81. The van der Waals surface area contributed by atoms with Crippen molar-refractivity contribution in [1.82, 2.24) is 0 Å². The van der Waals surface area contributed by atoms with Crippen LogP contribution in [-0.2, 0) is 4.74 Å². The molecule has 0 atom stereocenters. The van der Waals surface area contributed by atoms with E-state index in [4.69, 9.17) is 4.74 Å². The molecule has 2 aromatic carbocycles. The third kappa shape index (κ3) is 2.28. The zero-order chi connectivity index (χ0) is 11.4. The molecule has 0 radical (unpaired) electrons. The molecule has 0 heterocycles. The molecule has 0 saturated heterocycles. The second kappa shape index (κ2) is 4.90. The van der Waals surface area contributed by atoms with Crippen molar-refractivity contribution in [2.45, 2.75) is 6.92 Å². The van der Waals surface area contributed by atoms with Crippen LogP contribution in [0.5, 0.6) is 0 Å². The predicted molar refractivity (Wildman–Crippen MR) is 64.8 cm³/mol. The van der Waals surface area contributed by atoms with Gasteiger partial charge in [-0.2, -0.15) is 0 Å². The van der Waals surface area contributed by atoms with Crippen LogP contribution in [0, 0.1) is 0 Å². The molecule has 0 aliphatic heterocycles. The normalized spacial score (nSPS) is 10.6. The predicted octanol–water partition coefficient (Wildman–Crippen LogP) is 3.06. The molecule has 0 unspecified atom stereocenters. The summed E-state index contributed by atoms with van der Waals surface area (Å²) in [5, 5.41) is 2.24. The van der Waals surface area contributed by atoms with E-state index in [1.807, 2.05) is 49.4 Å². The number of benzene rings is 2. The first kappa shape index (κ1) is 10.8. The Bertz CT molecular complexity index is 503. The number of Topliss-reactive ketones (excluding diaryl/α,β-unsaturated/α-hetero) is 1. The molecule has 0 aromatic heterocycles. The van der Waals surface area contributed by atoms with Gasteiger partial charge in [-0.25, -0.2) is 0 Å². The number of carbonyl (C=O) groups excluding carboxylic acids is 1. The summed E-state index contributed by atoms with van der Waals surface area (Å²) < 4.78 is 5.11. The summed E-state index contributed by atoms with van der Waals surface area (Å²) in [6, 6.07) is 13.7. The molecule has 82 valence electrons. The van der Waals surface area contributed by atoms with E-state index in [1.165, 1.54) is 0 Å². The molecule has 2 rings (SSSR count). The van der Waals surface area contributed by atoms with E-state index in [0.717, 1.165) is 10.8 Å². The lowest BCUT2D eigenvalue weighted by Crippen LogP contribution is -2.08. The Morgan fingerprint density at radius 1 is 1.12 bits per heavy atom. The van der Waals surface area contributed by atoms with E-state index in [2.05, 4.69) is 0 Å². The van der Waals surface area contributed by atoms with Crippen molar-refractivity contribution in [1.29, 1.82) is 0 Å². The highest BCUT2D eigenvalue weighted by Crippen LogP contribution is 2.15. The highest BCUT2D eigenvalue weighted by molar-refractivity contribution is 6.00. The number of hydrogen-bond donors (Lipinski definition) is 0. The minimum Gasteiger partial charge on any atom is -0.374 e. The Labute approximate surface area is 94.8 Å². The summed E-state index contributed by atoms with van der Waals surface area (Å²) >= 11 is 0. The minimum absolute atomic E-state index is 0.0348. The maximum Gasteiger partial charge on any atom is 0.188 e. The molecule has 0 N–H and O–H groups in total. The topological polar surface area (TPSA) is 26.3 Å². The quantitative estimate of drug-likeness (QED) is 0.731. The minimum atomic E-state index is 0.0348. The van der Waals surface area contributed by atoms with Crippen LogP contribution in [0.15, 0.2) is 42.5 Å². The SMILES string of the molecule is CCOCC(=O)c1ccc2ccccc2c1. The van der Waals surface area contributed by atoms with Gasteiger partial charge in [0.1, 0.15) is 6.61 Å². The van der Waals surface area contributed by atoms with Gasteiger partial charge in [-0.1, -0.05) is 36.4 Å². The number of hydrogen-bond acceptors (Lipinski definition) is 2. The number of fused-ring (bicyclic) bond motifs is 1. The van der Waals surface area contributed by atoms with Crippen molar-refractivity contribution >= 4 is 16.6 Å². The lowest BCUT2D eigenvalue weighted by atomic mass is 10.0. The zero-order valence-electron chi connectivity index (χ0n) is 9.27. The molecular weight excluding hydrogens is 200 g/mol. The highest BCUT2D eigenvalue weighted by Gasteiger charge is 2.05. The van der Waals surface area contributed by atoms with E-state index in [1.54, 1.807) is 0 Å². The highest BCUT2D eigenvalue weighted by atomic mass is 16.5. The third-order valence-electron chi connectivity index (χ3n) is 2.51. The van der Waals surface area contributed by atoms with Crippen LogP contribution >= 0.6 is 0 Å². The molecule has 0 saturated carbocycles. The fraction of sp³-hybridized carbons (Fsp3) is 0.214. The summed E-state index contributed by atoms with van der Waals surface area (Å²) in [5.41, 5.74) is 0.715. The molecule has 0 aliphatic carbocycles. The van der Waals surface area contributed by atoms with Crippen LogP contribution in [-0.4, -0.2) is 19.0 Å². The second-order valence-electron chi connectivity index (χ2n) is 3.62. The van der Waals surface area contributed by atoms with Crippen molar-refractivity contribution in [3.8, 4) is 0 Å². The standard InChI is InChI=1S/C14H14O2/c1-2-16-10-14(15)13-8-7-11-5-3-4-6-12(11)9-13/h3-9H,2,10H2,1H3. The van der Waals surface area contributed by atoms with Gasteiger partial charge in [-0.05, 0) is 23.8 Å². The van der Waals surface area contributed by atoms with Gasteiger partial charge in [-0.3, -0.25) is 4.79 Å². The Morgan fingerprint density at radius 3 is 2.62 bits per heavy atom. The summed E-state index contributed by atoms with van der Waals surface area (Å²) in [7, 11) is 0.